The molecule has 4 unspecified atom stereocenters. The van der Waals surface area contributed by atoms with Crippen molar-refractivity contribution in [2.45, 2.75) is 39.2 Å². The van der Waals surface area contributed by atoms with Crippen molar-refractivity contribution in [3.8, 4) is 0 Å². The van der Waals surface area contributed by atoms with Crippen LogP contribution in [-0.4, -0.2) is 23.0 Å². The average molecular weight is 287 g/mol. The molecule has 0 radical (unpaired) electrons. The molecule has 2 bridgehead atoms. The Morgan fingerprint density at radius 2 is 1.90 bits per heavy atom. The summed E-state index contributed by atoms with van der Waals surface area (Å²) < 4.78 is 0. The van der Waals surface area contributed by atoms with Crippen molar-refractivity contribution in [1.29, 1.82) is 0 Å². The molecule has 0 spiro atoms. The first kappa shape index (κ1) is 14.1. The highest BCUT2D eigenvalue weighted by Gasteiger charge is 2.51. The highest BCUT2D eigenvalue weighted by molar-refractivity contribution is 5.96. The maximum atomic E-state index is 12.5. The van der Waals surface area contributed by atoms with Crippen molar-refractivity contribution >= 4 is 11.9 Å². The second-order valence-corrected chi connectivity index (χ2v) is 6.51. The highest BCUT2D eigenvalue weighted by atomic mass is 16.4. The monoisotopic (exact) mass is 287 g/mol. The zero-order valence-corrected chi connectivity index (χ0v) is 12.4. The van der Waals surface area contributed by atoms with E-state index >= 15 is 0 Å². The van der Waals surface area contributed by atoms with Crippen LogP contribution in [0.3, 0.4) is 0 Å². The number of carboxylic acids is 1. The zero-order chi connectivity index (χ0) is 15.1. The molecule has 1 amide bonds. The van der Waals surface area contributed by atoms with Crippen LogP contribution in [0.5, 0.6) is 0 Å². The van der Waals surface area contributed by atoms with E-state index in [1.54, 1.807) is 0 Å². The Morgan fingerprint density at radius 3 is 2.57 bits per heavy atom. The van der Waals surface area contributed by atoms with Crippen LogP contribution in [0, 0.1) is 31.6 Å². The van der Waals surface area contributed by atoms with Crippen molar-refractivity contribution in [3.05, 3.63) is 34.9 Å². The van der Waals surface area contributed by atoms with Gasteiger partial charge in [-0.2, -0.15) is 0 Å². The first-order valence-corrected chi connectivity index (χ1v) is 7.58. The summed E-state index contributed by atoms with van der Waals surface area (Å²) in [5.41, 5.74) is 2.70. The van der Waals surface area contributed by atoms with E-state index in [0.717, 1.165) is 30.4 Å². The van der Waals surface area contributed by atoms with Crippen molar-refractivity contribution in [2.24, 2.45) is 17.8 Å². The number of hydrogen-bond acceptors (Lipinski definition) is 2. The van der Waals surface area contributed by atoms with Gasteiger partial charge in [0.1, 0.15) is 0 Å². The van der Waals surface area contributed by atoms with Crippen LogP contribution >= 0.6 is 0 Å². The molecule has 2 aliphatic carbocycles. The molecule has 0 aromatic heterocycles. The lowest BCUT2D eigenvalue weighted by atomic mass is 9.84. The van der Waals surface area contributed by atoms with Crippen LogP contribution in [0.2, 0.25) is 0 Å². The fourth-order valence-electron chi connectivity index (χ4n) is 4.15. The Kier molecular flexibility index (Phi) is 3.47. The molecule has 4 atom stereocenters. The van der Waals surface area contributed by atoms with E-state index in [1.165, 1.54) is 0 Å². The third-order valence-electron chi connectivity index (χ3n) is 5.13. The maximum Gasteiger partial charge on any atom is 0.308 e. The van der Waals surface area contributed by atoms with Gasteiger partial charge in [-0.25, -0.2) is 0 Å². The molecule has 2 N–H and O–H groups in total. The number of carbonyl (C=O) groups is 2. The highest BCUT2D eigenvalue weighted by Crippen LogP contribution is 2.48. The first-order valence-electron chi connectivity index (χ1n) is 7.58. The summed E-state index contributed by atoms with van der Waals surface area (Å²) in [7, 11) is 0. The lowest BCUT2D eigenvalue weighted by Gasteiger charge is -2.29. The zero-order valence-electron chi connectivity index (χ0n) is 12.4. The molecular formula is C17H21NO3. The predicted molar refractivity (Wildman–Crippen MR) is 79.1 cm³/mol. The molecule has 0 heterocycles. The van der Waals surface area contributed by atoms with Crippen LogP contribution in [0.15, 0.2) is 18.2 Å². The largest absolute Gasteiger partial charge is 0.481 e. The van der Waals surface area contributed by atoms with Gasteiger partial charge < -0.3 is 10.4 Å². The number of carbonyl (C=O) groups excluding carboxylic acids is 1. The molecule has 2 saturated carbocycles. The average Bonchev–Trinajstić information content (AvgIpc) is 2.98. The summed E-state index contributed by atoms with van der Waals surface area (Å²) in [5.74, 6) is -0.773. The van der Waals surface area contributed by atoms with E-state index in [2.05, 4.69) is 5.32 Å². The predicted octanol–water partition coefficient (Wildman–Crippen LogP) is 2.53. The molecule has 1 aromatic carbocycles. The minimum absolute atomic E-state index is 0.142. The van der Waals surface area contributed by atoms with Gasteiger partial charge in [0.05, 0.1) is 5.92 Å². The summed E-state index contributed by atoms with van der Waals surface area (Å²) in [6, 6.07) is 5.50. The summed E-state index contributed by atoms with van der Waals surface area (Å²) in [6.45, 7) is 3.91. The fraction of sp³-hybridized carbons (Fsp3) is 0.529. The normalized spacial score (nSPS) is 30.4. The molecule has 1 aromatic rings. The molecule has 2 fully saturated rings. The van der Waals surface area contributed by atoms with E-state index in [0.29, 0.717) is 11.5 Å². The van der Waals surface area contributed by atoms with Gasteiger partial charge in [-0.05, 0) is 56.6 Å². The Hall–Kier alpha value is -1.84. The number of nitrogens with one attached hydrogen (secondary N) is 1. The van der Waals surface area contributed by atoms with Gasteiger partial charge >= 0.3 is 5.97 Å². The van der Waals surface area contributed by atoms with Gasteiger partial charge in [-0.3, -0.25) is 9.59 Å². The number of carboxylic acid groups (broad SMARTS) is 1. The van der Waals surface area contributed by atoms with Crippen molar-refractivity contribution in [3.63, 3.8) is 0 Å². The molecule has 4 nitrogen and oxygen atoms in total. The van der Waals surface area contributed by atoms with Crippen LogP contribution in [0.25, 0.3) is 0 Å². The topological polar surface area (TPSA) is 66.4 Å². The van der Waals surface area contributed by atoms with Crippen LogP contribution in [-0.2, 0) is 4.79 Å². The van der Waals surface area contributed by atoms with Gasteiger partial charge in [0.15, 0.2) is 0 Å². The Labute approximate surface area is 124 Å². The number of hydrogen-bond donors (Lipinski definition) is 2. The smallest absolute Gasteiger partial charge is 0.308 e. The second-order valence-electron chi connectivity index (χ2n) is 6.51. The molecule has 3 rings (SSSR count). The van der Waals surface area contributed by atoms with E-state index in [-0.39, 0.29) is 17.9 Å². The van der Waals surface area contributed by atoms with Crippen molar-refractivity contribution < 1.29 is 14.7 Å². The number of aryl methyl sites for hydroxylation is 2. The summed E-state index contributed by atoms with van der Waals surface area (Å²) >= 11 is 0. The quantitative estimate of drug-likeness (QED) is 0.897. The Morgan fingerprint density at radius 1 is 1.19 bits per heavy atom. The van der Waals surface area contributed by atoms with Gasteiger partial charge in [0.25, 0.3) is 5.91 Å². The van der Waals surface area contributed by atoms with Gasteiger partial charge in [-0.1, -0.05) is 17.7 Å². The molecule has 112 valence electrons. The van der Waals surface area contributed by atoms with Crippen molar-refractivity contribution in [1.82, 2.24) is 5.32 Å². The number of fused-ring (bicyclic) bond motifs is 2. The van der Waals surface area contributed by atoms with Gasteiger partial charge in [0.2, 0.25) is 0 Å². The van der Waals surface area contributed by atoms with E-state index in [4.69, 9.17) is 0 Å². The lowest BCUT2D eigenvalue weighted by molar-refractivity contribution is -0.144. The third kappa shape index (κ3) is 2.43. The standard InChI is InChI=1S/C17H21NO3/c1-9-3-6-13(10(2)7-9)16(19)18-15-12-5-4-11(8-12)14(15)17(20)21/h3,6-7,11-12,14-15H,4-5,8H2,1-2H3,(H,18,19)(H,20,21). The number of benzene rings is 1. The first-order chi connectivity index (χ1) is 9.97. The summed E-state index contributed by atoms with van der Waals surface area (Å²) in [4.78, 5) is 24.0. The maximum absolute atomic E-state index is 12.5. The number of aliphatic carboxylic acids is 1. The molecular weight excluding hydrogens is 266 g/mol. The Bertz CT molecular complexity index is 596. The number of amides is 1. The Balaban J connectivity index is 1.79. The minimum Gasteiger partial charge on any atom is -0.481 e. The van der Waals surface area contributed by atoms with Crippen LogP contribution < -0.4 is 5.32 Å². The van der Waals surface area contributed by atoms with E-state index < -0.39 is 11.9 Å². The summed E-state index contributed by atoms with van der Waals surface area (Å²) in [6.07, 6.45) is 2.96. The van der Waals surface area contributed by atoms with Crippen LogP contribution in [0.1, 0.15) is 40.7 Å². The molecule has 0 aliphatic heterocycles. The molecule has 4 heteroatoms. The molecule has 0 saturated heterocycles. The van der Waals surface area contributed by atoms with E-state index in [1.807, 2.05) is 32.0 Å². The lowest BCUT2D eigenvalue weighted by Crippen LogP contribution is -2.46. The SMILES string of the molecule is Cc1ccc(C(=O)NC2C3CCC(C3)C2C(=O)O)c(C)c1. The fourth-order valence-corrected chi connectivity index (χ4v) is 4.15. The number of rotatable bonds is 3. The van der Waals surface area contributed by atoms with Gasteiger partial charge in [0, 0.05) is 11.6 Å². The molecule has 2 aliphatic rings. The van der Waals surface area contributed by atoms with Gasteiger partial charge in [-0.15, -0.1) is 0 Å². The third-order valence-corrected chi connectivity index (χ3v) is 5.13. The van der Waals surface area contributed by atoms with E-state index in [9.17, 15) is 14.7 Å². The summed E-state index contributed by atoms with van der Waals surface area (Å²) in [5, 5.41) is 12.4. The second kappa shape index (κ2) is 5.17. The molecule has 21 heavy (non-hydrogen) atoms. The van der Waals surface area contributed by atoms with Crippen LogP contribution in [0.4, 0.5) is 0 Å². The van der Waals surface area contributed by atoms with Crippen molar-refractivity contribution in [2.75, 3.05) is 0 Å². The minimum atomic E-state index is -0.770.